The highest BCUT2D eigenvalue weighted by atomic mass is 16.7. The van der Waals surface area contributed by atoms with Crippen molar-refractivity contribution in [1.29, 1.82) is 0 Å². The summed E-state index contributed by atoms with van der Waals surface area (Å²) in [5, 5.41) is 0. The fraction of sp³-hybridized carbons (Fsp3) is 0.321. The van der Waals surface area contributed by atoms with E-state index in [1.807, 2.05) is 43.3 Å². The van der Waals surface area contributed by atoms with Crippen LogP contribution in [0.4, 0.5) is 5.69 Å². The number of furan rings is 1. The smallest absolute Gasteiger partial charge is 0.333 e. The molecule has 0 amide bonds. The molecule has 2 heterocycles. The summed E-state index contributed by atoms with van der Waals surface area (Å²) in [5.41, 5.74) is 5.94. The van der Waals surface area contributed by atoms with Gasteiger partial charge in [-0.05, 0) is 72.9 Å². The highest BCUT2D eigenvalue weighted by molar-refractivity contribution is 5.96. The zero-order chi connectivity index (χ0) is 23.9. The van der Waals surface area contributed by atoms with E-state index < -0.39 is 0 Å². The quantitative estimate of drug-likeness (QED) is 0.285. The second kappa shape index (κ2) is 11.1. The number of esters is 1. The molecule has 6 nitrogen and oxygen atoms in total. The first kappa shape index (κ1) is 23.6. The van der Waals surface area contributed by atoms with Crippen molar-refractivity contribution in [2.75, 3.05) is 25.2 Å². The van der Waals surface area contributed by atoms with Crippen LogP contribution in [0.25, 0.3) is 17.2 Å². The van der Waals surface area contributed by atoms with Gasteiger partial charge in [-0.3, -0.25) is 0 Å². The number of ether oxygens (including phenoxy) is 3. The van der Waals surface area contributed by atoms with Crippen molar-refractivity contribution in [2.24, 2.45) is 0 Å². The van der Waals surface area contributed by atoms with Gasteiger partial charge in [-0.15, -0.1) is 0 Å². The van der Waals surface area contributed by atoms with Crippen LogP contribution in [0.2, 0.25) is 0 Å². The van der Waals surface area contributed by atoms with Gasteiger partial charge < -0.3 is 23.5 Å². The summed E-state index contributed by atoms with van der Waals surface area (Å²) in [6, 6.07) is 16.3. The standard InChI is InChI=1S/C28H31NO5/c1-4-14-33-20(2)34-26-8-5-22(6-9-26)23-7-10-27-25(16-23)17-24(28(30)31-3)11-13-29(27)18-21-12-15-32-19-21/h5-10,12,15-17,19-20H,4,11,13-14,18H2,1-3H3. The molecule has 0 fully saturated rings. The molecule has 1 aromatic heterocycles. The Morgan fingerprint density at radius 2 is 1.91 bits per heavy atom. The fourth-order valence-electron chi connectivity index (χ4n) is 4.07. The maximum atomic E-state index is 12.4. The maximum absolute atomic E-state index is 12.4. The number of hydrogen-bond donors (Lipinski definition) is 0. The minimum atomic E-state index is -0.290. The van der Waals surface area contributed by atoms with E-state index in [0.717, 1.165) is 40.1 Å². The van der Waals surface area contributed by atoms with Crippen molar-refractivity contribution in [3.63, 3.8) is 0 Å². The van der Waals surface area contributed by atoms with Gasteiger partial charge in [0.25, 0.3) is 0 Å². The van der Waals surface area contributed by atoms with Crippen LogP contribution in [0, 0.1) is 0 Å². The van der Waals surface area contributed by atoms with E-state index in [1.54, 1.807) is 12.5 Å². The Morgan fingerprint density at radius 3 is 2.62 bits per heavy atom. The summed E-state index contributed by atoms with van der Waals surface area (Å²) in [6.07, 6.45) is 6.66. The summed E-state index contributed by atoms with van der Waals surface area (Å²) in [4.78, 5) is 14.6. The van der Waals surface area contributed by atoms with Crippen LogP contribution in [0.3, 0.4) is 0 Å². The molecule has 0 N–H and O–H groups in total. The molecule has 1 aliphatic rings. The molecule has 4 rings (SSSR count). The van der Waals surface area contributed by atoms with E-state index in [-0.39, 0.29) is 12.3 Å². The first-order valence-electron chi connectivity index (χ1n) is 11.6. The van der Waals surface area contributed by atoms with Crippen LogP contribution >= 0.6 is 0 Å². The van der Waals surface area contributed by atoms with Crippen molar-refractivity contribution in [3.05, 3.63) is 77.8 Å². The van der Waals surface area contributed by atoms with E-state index in [0.29, 0.717) is 31.7 Å². The number of carbonyl (C=O) groups is 1. The highest BCUT2D eigenvalue weighted by Crippen LogP contribution is 2.34. The molecule has 1 unspecified atom stereocenters. The van der Waals surface area contributed by atoms with Crippen molar-refractivity contribution >= 4 is 17.7 Å². The van der Waals surface area contributed by atoms with Gasteiger partial charge in [0.2, 0.25) is 0 Å². The van der Waals surface area contributed by atoms with E-state index >= 15 is 0 Å². The molecule has 0 saturated carbocycles. The summed E-state index contributed by atoms with van der Waals surface area (Å²) < 4.78 is 21.7. The molecule has 0 saturated heterocycles. The third-order valence-electron chi connectivity index (χ3n) is 5.80. The third-order valence-corrected chi connectivity index (χ3v) is 5.80. The third kappa shape index (κ3) is 5.69. The fourth-order valence-corrected chi connectivity index (χ4v) is 4.07. The van der Waals surface area contributed by atoms with Gasteiger partial charge in [0.05, 0.1) is 26.2 Å². The zero-order valence-corrected chi connectivity index (χ0v) is 20.0. The average Bonchev–Trinajstić information content (AvgIpc) is 3.30. The summed E-state index contributed by atoms with van der Waals surface area (Å²) in [6.45, 7) is 6.06. The highest BCUT2D eigenvalue weighted by Gasteiger charge is 2.21. The second-order valence-corrected chi connectivity index (χ2v) is 8.32. The monoisotopic (exact) mass is 461 g/mol. The molecule has 2 aromatic carbocycles. The average molecular weight is 462 g/mol. The van der Waals surface area contributed by atoms with Crippen LogP contribution in [-0.2, 0) is 20.8 Å². The van der Waals surface area contributed by atoms with Crippen LogP contribution in [0.5, 0.6) is 5.75 Å². The van der Waals surface area contributed by atoms with Gasteiger partial charge in [-0.2, -0.15) is 0 Å². The van der Waals surface area contributed by atoms with Crippen LogP contribution < -0.4 is 9.64 Å². The Kier molecular flexibility index (Phi) is 7.70. The number of methoxy groups -OCH3 is 1. The number of nitrogens with zero attached hydrogens (tertiary/aromatic N) is 1. The SMILES string of the molecule is CCCOC(C)Oc1ccc(-c2ccc3c(c2)C=C(C(=O)OC)CCN3Cc2ccoc2)cc1. The van der Waals surface area contributed by atoms with Gasteiger partial charge in [0, 0.05) is 29.9 Å². The van der Waals surface area contributed by atoms with Crippen LogP contribution in [0.15, 0.2) is 71.0 Å². The van der Waals surface area contributed by atoms with E-state index in [1.165, 1.54) is 7.11 Å². The normalized spacial score (nSPS) is 14.1. The molecule has 0 bridgehead atoms. The first-order valence-corrected chi connectivity index (χ1v) is 11.6. The Hall–Kier alpha value is -3.51. The lowest BCUT2D eigenvalue weighted by atomic mass is 10.00. The van der Waals surface area contributed by atoms with Crippen LogP contribution in [0.1, 0.15) is 37.8 Å². The number of anilines is 1. The molecule has 0 aliphatic carbocycles. The zero-order valence-electron chi connectivity index (χ0n) is 20.0. The Bertz CT molecular complexity index is 1120. The Balaban J connectivity index is 1.60. The number of benzene rings is 2. The number of carbonyl (C=O) groups excluding carboxylic acids is 1. The Morgan fingerprint density at radius 1 is 1.12 bits per heavy atom. The van der Waals surface area contributed by atoms with E-state index in [2.05, 4.69) is 30.0 Å². The van der Waals surface area contributed by atoms with Crippen LogP contribution in [-0.4, -0.2) is 32.5 Å². The topological polar surface area (TPSA) is 61.1 Å². The van der Waals surface area contributed by atoms with Gasteiger partial charge in [0.15, 0.2) is 6.29 Å². The molecule has 3 aromatic rings. The molecule has 178 valence electrons. The predicted molar refractivity (Wildman–Crippen MR) is 133 cm³/mol. The van der Waals surface area contributed by atoms with Crippen molar-refractivity contribution < 1.29 is 23.4 Å². The molecule has 1 aliphatic heterocycles. The summed E-state index contributed by atoms with van der Waals surface area (Å²) in [5.74, 6) is 0.476. The molecule has 0 spiro atoms. The lowest BCUT2D eigenvalue weighted by molar-refractivity contribution is -0.136. The number of rotatable bonds is 9. The van der Waals surface area contributed by atoms with Gasteiger partial charge in [0.1, 0.15) is 5.75 Å². The lowest BCUT2D eigenvalue weighted by Crippen LogP contribution is -2.24. The van der Waals surface area contributed by atoms with Gasteiger partial charge in [-0.1, -0.05) is 25.1 Å². The van der Waals surface area contributed by atoms with E-state index in [9.17, 15) is 4.79 Å². The molecule has 6 heteroatoms. The van der Waals surface area contributed by atoms with Gasteiger partial charge >= 0.3 is 5.97 Å². The molecular weight excluding hydrogens is 430 g/mol. The molecular formula is C28H31NO5. The largest absolute Gasteiger partial charge is 0.472 e. The number of fused-ring (bicyclic) bond motifs is 1. The molecule has 0 radical (unpaired) electrons. The minimum absolute atomic E-state index is 0.289. The van der Waals surface area contributed by atoms with E-state index in [4.69, 9.17) is 18.6 Å². The first-order chi connectivity index (χ1) is 16.6. The van der Waals surface area contributed by atoms with Crippen molar-refractivity contribution in [2.45, 2.75) is 39.5 Å². The summed E-state index contributed by atoms with van der Waals surface area (Å²) >= 11 is 0. The van der Waals surface area contributed by atoms with Crippen molar-refractivity contribution in [1.82, 2.24) is 0 Å². The van der Waals surface area contributed by atoms with Crippen molar-refractivity contribution in [3.8, 4) is 16.9 Å². The summed E-state index contributed by atoms with van der Waals surface area (Å²) in [7, 11) is 1.42. The maximum Gasteiger partial charge on any atom is 0.333 e. The number of hydrogen-bond acceptors (Lipinski definition) is 6. The minimum Gasteiger partial charge on any atom is -0.472 e. The molecule has 34 heavy (non-hydrogen) atoms. The predicted octanol–water partition coefficient (Wildman–Crippen LogP) is 6.06. The second-order valence-electron chi connectivity index (χ2n) is 8.32. The Labute approximate surface area is 200 Å². The van der Waals surface area contributed by atoms with Gasteiger partial charge in [-0.25, -0.2) is 4.79 Å². The lowest BCUT2D eigenvalue weighted by Gasteiger charge is -2.25. The molecule has 1 atom stereocenters.